The molecule has 6 heteroatoms. The van der Waals surface area contributed by atoms with Gasteiger partial charge in [-0.1, -0.05) is 25.1 Å². The number of fused-ring (bicyclic) bond motifs is 4. The van der Waals surface area contributed by atoms with E-state index in [-0.39, 0.29) is 17.5 Å². The molecule has 0 unspecified atom stereocenters. The van der Waals surface area contributed by atoms with E-state index in [1.54, 1.807) is 18.1 Å². The van der Waals surface area contributed by atoms with Gasteiger partial charge in [0.05, 0.1) is 51.3 Å². The molecule has 1 fully saturated rings. The number of ether oxygens (including phenoxy) is 2. The molecule has 1 atom stereocenters. The summed E-state index contributed by atoms with van der Waals surface area (Å²) in [6.45, 7) is 5.69. The van der Waals surface area contributed by atoms with E-state index in [1.165, 1.54) is 18.5 Å². The Morgan fingerprint density at radius 2 is 2.03 bits per heavy atom. The van der Waals surface area contributed by atoms with Gasteiger partial charge in [0.25, 0.3) is 0 Å². The number of piperidine rings is 1. The number of nitrogens with one attached hydrogen (secondary N) is 1. The first-order valence-corrected chi connectivity index (χ1v) is 11.0. The summed E-state index contributed by atoms with van der Waals surface area (Å²) in [4.78, 5) is 1.66. The van der Waals surface area contributed by atoms with Crippen LogP contribution in [0, 0.1) is 0 Å². The molecule has 2 aromatic carbocycles. The summed E-state index contributed by atoms with van der Waals surface area (Å²) in [5.41, 5.74) is 2.83. The fraction of sp³-hybridized carbons (Fsp3) is 0.458. The molecule has 1 spiro atoms. The van der Waals surface area contributed by atoms with Crippen molar-refractivity contribution in [2.45, 2.75) is 44.4 Å². The summed E-state index contributed by atoms with van der Waals surface area (Å²) < 4.78 is 12.0. The highest BCUT2D eigenvalue weighted by Gasteiger charge is 2.52. The van der Waals surface area contributed by atoms with Crippen molar-refractivity contribution in [3.8, 4) is 17.2 Å². The first kappa shape index (κ1) is 19.2. The van der Waals surface area contributed by atoms with Gasteiger partial charge in [-0.3, -0.25) is 0 Å². The van der Waals surface area contributed by atoms with Gasteiger partial charge in [-0.2, -0.15) is 5.10 Å². The van der Waals surface area contributed by atoms with Crippen LogP contribution in [0.1, 0.15) is 49.8 Å². The SMILES string of the molecule is CCC[NH+]1CCC2(CC1)Oc1ccccc1[C@@H]1CC(c3ccc(O)c(OC)c3)=NN12. The summed E-state index contributed by atoms with van der Waals surface area (Å²) in [5, 5.41) is 17.3. The molecule has 3 heterocycles. The molecule has 3 aliphatic rings. The molecule has 1 saturated heterocycles. The number of aromatic hydroxyl groups is 1. The lowest BCUT2D eigenvalue weighted by molar-refractivity contribution is -0.908. The van der Waals surface area contributed by atoms with Gasteiger partial charge in [-0.15, -0.1) is 0 Å². The van der Waals surface area contributed by atoms with Crippen LogP contribution in [-0.2, 0) is 0 Å². The molecule has 2 N–H and O–H groups in total. The van der Waals surface area contributed by atoms with E-state index in [9.17, 15) is 5.11 Å². The van der Waals surface area contributed by atoms with Crippen LogP contribution in [-0.4, -0.2) is 48.3 Å². The fourth-order valence-corrected chi connectivity index (χ4v) is 5.19. The van der Waals surface area contributed by atoms with E-state index >= 15 is 0 Å². The van der Waals surface area contributed by atoms with Crippen molar-refractivity contribution in [2.24, 2.45) is 5.10 Å². The third kappa shape index (κ3) is 3.10. The number of hydrogen-bond acceptors (Lipinski definition) is 5. The highest BCUT2D eigenvalue weighted by atomic mass is 16.5. The third-order valence-electron chi connectivity index (χ3n) is 6.76. The number of benzene rings is 2. The summed E-state index contributed by atoms with van der Waals surface area (Å²) in [7, 11) is 1.57. The summed E-state index contributed by atoms with van der Waals surface area (Å²) in [6, 6.07) is 14.0. The Labute approximate surface area is 177 Å². The Balaban J connectivity index is 1.51. The molecule has 30 heavy (non-hydrogen) atoms. The number of quaternary nitrogens is 1. The summed E-state index contributed by atoms with van der Waals surface area (Å²) in [6.07, 6.45) is 3.98. The topological polar surface area (TPSA) is 58.7 Å². The minimum atomic E-state index is -0.376. The van der Waals surface area contributed by atoms with Gasteiger partial charge in [0.15, 0.2) is 11.5 Å². The number of phenolic OH excluding ortho intramolecular Hbond substituents is 1. The molecule has 2 aromatic rings. The fourth-order valence-electron chi connectivity index (χ4n) is 5.19. The molecule has 6 nitrogen and oxygen atoms in total. The second-order valence-electron chi connectivity index (χ2n) is 8.58. The molecular weight excluding hydrogens is 378 g/mol. The molecule has 0 radical (unpaired) electrons. The van der Waals surface area contributed by atoms with E-state index in [0.717, 1.165) is 49.4 Å². The van der Waals surface area contributed by atoms with Gasteiger partial charge < -0.3 is 19.5 Å². The zero-order chi connectivity index (χ0) is 20.7. The van der Waals surface area contributed by atoms with Crippen LogP contribution in [0.15, 0.2) is 47.6 Å². The first-order valence-electron chi connectivity index (χ1n) is 11.0. The molecule has 3 aliphatic heterocycles. The minimum Gasteiger partial charge on any atom is -0.504 e. The lowest BCUT2D eigenvalue weighted by Gasteiger charge is -2.50. The second-order valence-corrected chi connectivity index (χ2v) is 8.58. The first-order chi connectivity index (χ1) is 14.6. The van der Waals surface area contributed by atoms with Crippen molar-refractivity contribution in [1.29, 1.82) is 0 Å². The highest BCUT2D eigenvalue weighted by molar-refractivity contribution is 6.02. The van der Waals surface area contributed by atoms with Gasteiger partial charge in [-0.25, -0.2) is 5.01 Å². The minimum absolute atomic E-state index is 0.147. The van der Waals surface area contributed by atoms with E-state index in [0.29, 0.717) is 5.75 Å². The Morgan fingerprint density at radius 3 is 2.80 bits per heavy atom. The quantitative estimate of drug-likeness (QED) is 0.817. The predicted octanol–water partition coefficient (Wildman–Crippen LogP) is 2.73. The van der Waals surface area contributed by atoms with Gasteiger partial charge in [0.2, 0.25) is 5.72 Å². The van der Waals surface area contributed by atoms with E-state index in [4.69, 9.17) is 14.6 Å². The monoisotopic (exact) mass is 408 g/mol. The molecule has 158 valence electrons. The summed E-state index contributed by atoms with van der Waals surface area (Å²) in [5.74, 6) is 1.62. The number of phenols is 1. The van der Waals surface area contributed by atoms with Gasteiger partial charge >= 0.3 is 0 Å². The smallest absolute Gasteiger partial charge is 0.208 e. The van der Waals surface area contributed by atoms with E-state index < -0.39 is 0 Å². The Kier molecular flexibility index (Phi) is 4.82. The van der Waals surface area contributed by atoms with Gasteiger partial charge in [0, 0.05) is 17.5 Å². The van der Waals surface area contributed by atoms with Crippen molar-refractivity contribution >= 4 is 5.71 Å². The van der Waals surface area contributed by atoms with Crippen molar-refractivity contribution < 1.29 is 19.5 Å². The number of hydrazone groups is 1. The standard InChI is InChI=1S/C24H29N3O3/c1-3-12-26-13-10-24(11-14-26)27-20(18-6-4-5-7-22(18)30-24)16-19(25-27)17-8-9-21(28)23(15-17)29-2/h4-9,15,20,28H,3,10-14,16H2,1-2H3/p+1/t20-/m0/s1. The lowest BCUT2D eigenvalue weighted by atomic mass is 9.90. The number of methoxy groups -OCH3 is 1. The molecule has 0 aliphatic carbocycles. The Morgan fingerprint density at radius 1 is 1.23 bits per heavy atom. The summed E-state index contributed by atoms with van der Waals surface area (Å²) >= 11 is 0. The zero-order valence-corrected chi connectivity index (χ0v) is 17.7. The maximum atomic E-state index is 9.98. The molecule has 0 saturated carbocycles. The van der Waals surface area contributed by atoms with Gasteiger partial charge in [-0.05, 0) is 30.7 Å². The van der Waals surface area contributed by atoms with Crippen LogP contribution in [0.4, 0.5) is 0 Å². The van der Waals surface area contributed by atoms with Crippen LogP contribution in [0.5, 0.6) is 17.2 Å². The number of para-hydroxylation sites is 1. The normalized spacial score (nSPS) is 27.3. The average Bonchev–Trinajstić information content (AvgIpc) is 3.23. The molecule has 5 rings (SSSR count). The van der Waals surface area contributed by atoms with Crippen molar-refractivity contribution in [3.63, 3.8) is 0 Å². The lowest BCUT2D eigenvalue weighted by Crippen LogP contribution is -3.14. The molecule has 0 aromatic heterocycles. The largest absolute Gasteiger partial charge is 0.504 e. The van der Waals surface area contributed by atoms with Crippen LogP contribution in [0.3, 0.4) is 0 Å². The van der Waals surface area contributed by atoms with Crippen molar-refractivity contribution in [3.05, 3.63) is 53.6 Å². The second kappa shape index (κ2) is 7.51. The number of nitrogens with zero attached hydrogens (tertiary/aromatic N) is 2. The predicted molar refractivity (Wildman–Crippen MR) is 115 cm³/mol. The molecule has 0 amide bonds. The van der Waals surface area contributed by atoms with Crippen LogP contribution in [0.2, 0.25) is 0 Å². The Bertz CT molecular complexity index is 966. The molecular formula is C24H30N3O3+. The van der Waals surface area contributed by atoms with Crippen molar-refractivity contribution in [2.75, 3.05) is 26.7 Å². The van der Waals surface area contributed by atoms with E-state index in [1.807, 2.05) is 12.1 Å². The van der Waals surface area contributed by atoms with Crippen molar-refractivity contribution in [1.82, 2.24) is 5.01 Å². The highest BCUT2D eigenvalue weighted by Crippen LogP contribution is 2.49. The number of hydrogen-bond donors (Lipinski definition) is 2. The third-order valence-corrected chi connectivity index (χ3v) is 6.76. The van der Waals surface area contributed by atoms with E-state index in [2.05, 4.69) is 36.2 Å². The number of likely N-dealkylation sites (tertiary alicyclic amines) is 1. The maximum Gasteiger partial charge on any atom is 0.208 e. The van der Waals surface area contributed by atoms with Crippen LogP contribution in [0.25, 0.3) is 0 Å². The van der Waals surface area contributed by atoms with Gasteiger partial charge in [0.1, 0.15) is 5.75 Å². The Hall–Kier alpha value is -2.73. The molecule has 0 bridgehead atoms. The maximum absolute atomic E-state index is 9.98. The van der Waals surface area contributed by atoms with Crippen LogP contribution < -0.4 is 14.4 Å². The van der Waals surface area contributed by atoms with Crippen LogP contribution >= 0.6 is 0 Å². The average molecular weight is 409 g/mol. The zero-order valence-electron chi connectivity index (χ0n) is 17.7. The number of rotatable bonds is 4.